The highest BCUT2D eigenvalue weighted by atomic mass is 16.5. The number of rotatable bonds is 9. The minimum atomic E-state index is -0.483. The van der Waals surface area contributed by atoms with Crippen LogP contribution in [0.15, 0.2) is 16.9 Å². The largest absolute Gasteiger partial charge is 0.490 e. The number of H-pyrrole nitrogens is 1. The second-order valence-electron chi connectivity index (χ2n) is 5.27. The van der Waals surface area contributed by atoms with E-state index in [2.05, 4.69) is 26.0 Å². The fraction of sp³-hybridized carbons (Fsp3) is 0.412. The van der Waals surface area contributed by atoms with E-state index in [1.165, 1.54) is 6.92 Å². The molecule has 1 aromatic carbocycles. The van der Waals surface area contributed by atoms with Crippen molar-refractivity contribution in [3.63, 3.8) is 0 Å². The molecule has 10 heteroatoms. The molecule has 0 saturated carbocycles. The van der Waals surface area contributed by atoms with Crippen molar-refractivity contribution in [2.45, 2.75) is 27.7 Å². The van der Waals surface area contributed by atoms with Crippen LogP contribution in [0.1, 0.15) is 36.8 Å². The van der Waals surface area contributed by atoms with Crippen molar-refractivity contribution in [3.8, 4) is 17.2 Å². The van der Waals surface area contributed by atoms with Crippen molar-refractivity contribution in [3.05, 3.63) is 33.7 Å². The molecule has 0 spiro atoms. The van der Waals surface area contributed by atoms with E-state index in [1.807, 2.05) is 20.8 Å². The Morgan fingerprint density at radius 1 is 1.04 bits per heavy atom. The zero-order valence-corrected chi connectivity index (χ0v) is 15.7. The van der Waals surface area contributed by atoms with Crippen molar-refractivity contribution >= 4 is 11.9 Å². The van der Waals surface area contributed by atoms with Crippen molar-refractivity contribution in [1.29, 1.82) is 0 Å². The van der Waals surface area contributed by atoms with Crippen molar-refractivity contribution in [1.82, 2.24) is 20.6 Å². The summed E-state index contributed by atoms with van der Waals surface area (Å²) >= 11 is 0. The lowest BCUT2D eigenvalue weighted by atomic mass is 10.1. The van der Waals surface area contributed by atoms with E-state index in [4.69, 9.17) is 14.2 Å². The number of amides is 1. The lowest BCUT2D eigenvalue weighted by molar-refractivity contribution is 0.0961. The maximum Gasteiger partial charge on any atom is 0.274 e. The number of aromatic nitrogens is 3. The van der Waals surface area contributed by atoms with Gasteiger partial charge >= 0.3 is 0 Å². The summed E-state index contributed by atoms with van der Waals surface area (Å²) in [5.41, 5.74) is 5.05. The molecule has 0 bridgehead atoms. The molecular formula is C17H23N5O5. The molecule has 1 aromatic heterocycles. The van der Waals surface area contributed by atoms with Gasteiger partial charge < -0.3 is 14.2 Å². The van der Waals surface area contributed by atoms with Crippen molar-refractivity contribution in [2.24, 2.45) is 0 Å². The number of hydrogen-bond acceptors (Lipinski definition) is 8. The van der Waals surface area contributed by atoms with Gasteiger partial charge in [-0.05, 0) is 39.8 Å². The Morgan fingerprint density at radius 2 is 1.63 bits per heavy atom. The van der Waals surface area contributed by atoms with Crippen LogP contribution in [0.5, 0.6) is 17.2 Å². The van der Waals surface area contributed by atoms with Gasteiger partial charge in [-0.15, -0.1) is 10.2 Å². The summed E-state index contributed by atoms with van der Waals surface area (Å²) in [4.78, 5) is 26.5. The standard InChI is InChI=1S/C17H23N5O5/c1-5-25-12-8-11(9-13(26-6-2)14(12)27-7-3)16(24)20-22-17-18-15(23)10(4)19-21-17/h8-9H,5-7H2,1-4H3,(H,20,24)(H2,18,21,22,23). The van der Waals surface area contributed by atoms with Crippen molar-refractivity contribution in [2.75, 3.05) is 25.2 Å². The number of nitrogens with zero attached hydrogens (tertiary/aromatic N) is 2. The number of carbonyl (C=O) groups is 1. The fourth-order valence-electron chi connectivity index (χ4n) is 2.16. The summed E-state index contributed by atoms with van der Waals surface area (Å²) in [6, 6.07) is 3.11. The number of benzene rings is 1. The second-order valence-corrected chi connectivity index (χ2v) is 5.27. The number of hydrazine groups is 1. The SMILES string of the molecule is CCOc1cc(C(=O)NNc2nnc(C)c(=O)[nH]2)cc(OCC)c1OCC. The summed E-state index contributed by atoms with van der Waals surface area (Å²) in [7, 11) is 0. The smallest absolute Gasteiger partial charge is 0.274 e. The first-order valence-corrected chi connectivity index (χ1v) is 8.56. The van der Waals surface area contributed by atoms with E-state index in [9.17, 15) is 9.59 Å². The van der Waals surface area contributed by atoms with Gasteiger partial charge in [0, 0.05) is 5.56 Å². The van der Waals surface area contributed by atoms with E-state index in [1.54, 1.807) is 12.1 Å². The van der Waals surface area contributed by atoms with E-state index in [-0.39, 0.29) is 17.2 Å². The van der Waals surface area contributed by atoms with Gasteiger partial charge in [0.05, 0.1) is 19.8 Å². The number of ether oxygens (including phenoxy) is 3. The molecule has 3 N–H and O–H groups in total. The van der Waals surface area contributed by atoms with Crippen LogP contribution >= 0.6 is 0 Å². The van der Waals surface area contributed by atoms with E-state index >= 15 is 0 Å². The maximum absolute atomic E-state index is 12.5. The van der Waals surface area contributed by atoms with Crippen LogP contribution in [0.3, 0.4) is 0 Å². The number of aromatic amines is 1. The first kappa shape index (κ1) is 20.0. The number of anilines is 1. The minimum Gasteiger partial charge on any atom is -0.490 e. The average Bonchev–Trinajstić information content (AvgIpc) is 2.65. The molecule has 2 aromatic rings. The molecule has 0 atom stereocenters. The van der Waals surface area contributed by atoms with E-state index in [0.717, 1.165) is 0 Å². The number of aryl methyl sites for hydroxylation is 1. The van der Waals surface area contributed by atoms with E-state index < -0.39 is 11.5 Å². The van der Waals surface area contributed by atoms with Crippen LogP contribution in [-0.2, 0) is 0 Å². The second kappa shape index (κ2) is 9.41. The Bertz CT molecular complexity index is 825. The van der Waals surface area contributed by atoms with Gasteiger partial charge in [-0.1, -0.05) is 0 Å². The lowest BCUT2D eigenvalue weighted by Gasteiger charge is -2.17. The Kier molecular flexibility index (Phi) is 6.98. The fourth-order valence-corrected chi connectivity index (χ4v) is 2.16. The molecule has 0 aliphatic carbocycles. The first-order chi connectivity index (χ1) is 13.0. The van der Waals surface area contributed by atoms with Crippen LogP contribution in [0.4, 0.5) is 5.95 Å². The van der Waals surface area contributed by atoms with Gasteiger partial charge in [0.25, 0.3) is 11.5 Å². The summed E-state index contributed by atoms with van der Waals surface area (Å²) in [5, 5.41) is 7.41. The van der Waals surface area contributed by atoms with Crippen LogP contribution < -0.4 is 30.6 Å². The summed E-state index contributed by atoms with van der Waals surface area (Å²) in [6.07, 6.45) is 0. The van der Waals surface area contributed by atoms with Crippen molar-refractivity contribution < 1.29 is 19.0 Å². The Morgan fingerprint density at radius 3 is 2.15 bits per heavy atom. The molecule has 27 heavy (non-hydrogen) atoms. The zero-order valence-electron chi connectivity index (χ0n) is 15.7. The van der Waals surface area contributed by atoms with Crippen LogP contribution in [0.2, 0.25) is 0 Å². The number of hydrogen-bond donors (Lipinski definition) is 3. The topological polar surface area (TPSA) is 127 Å². The average molecular weight is 377 g/mol. The monoisotopic (exact) mass is 377 g/mol. The third-order valence-corrected chi connectivity index (χ3v) is 3.33. The number of carbonyl (C=O) groups excluding carboxylic acids is 1. The van der Waals surface area contributed by atoms with Gasteiger partial charge in [0.2, 0.25) is 11.7 Å². The Hall–Kier alpha value is -3.30. The van der Waals surface area contributed by atoms with Crippen LogP contribution in [-0.4, -0.2) is 40.9 Å². The molecule has 0 radical (unpaired) electrons. The van der Waals surface area contributed by atoms with Gasteiger partial charge in [-0.3, -0.25) is 25.4 Å². The van der Waals surface area contributed by atoms with Gasteiger partial charge in [-0.25, -0.2) is 0 Å². The molecule has 10 nitrogen and oxygen atoms in total. The van der Waals surface area contributed by atoms with Gasteiger partial charge in [0.15, 0.2) is 11.5 Å². The lowest BCUT2D eigenvalue weighted by Crippen LogP contribution is -2.32. The molecule has 0 unspecified atom stereocenters. The first-order valence-electron chi connectivity index (χ1n) is 8.56. The van der Waals surface area contributed by atoms with Gasteiger partial charge in [0.1, 0.15) is 5.69 Å². The number of nitrogens with one attached hydrogen (secondary N) is 3. The highest BCUT2D eigenvalue weighted by molar-refractivity contribution is 5.96. The quantitative estimate of drug-likeness (QED) is 0.560. The zero-order chi connectivity index (χ0) is 19.8. The van der Waals surface area contributed by atoms with Gasteiger partial charge in [-0.2, -0.15) is 0 Å². The van der Waals surface area contributed by atoms with E-state index in [0.29, 0.717) is 37.1 Å². The molecule has 0 aliphatic rings. The summed E-state index contributed by atoms with van der Waals surface area (Å²) in [6.45, 7) is 8.25. The molecule has 0 fully saturated rings. The third kappa shape index (κ3) is 5.09. The molecule has 2 rings (SSSR count). The van der Waals surface area contributed by atoms with Crippen LogP contribution in [0, 0.1) is 6.92 Å². The highest BCUT2D eigenvalue weighted by Gasteiger charge is 2.18. The molecular weight excluding hydrogens is 354 g/mol. The molecule has 0 saturated heterocycles. The molecule has 1 amide bonds. The normalized spacial score (nSPS) is 10.2. The Balaban J connectivity index is 2.25. The predicted molar refractivity (Wildman–Crippen MR) is 98.4 cm³/mol. The molecule has 146 valence electrons. The molecule has 0 aliphatic heterocycles. The molecule has 1 heterocycles. The van der Waals surface area contributed by atoms with Crippen LogP contribution in [0.25, 0.3) is 0 Å². The predicted octanol–water partition coefficient (Wildman–Crippen LogP) is 1.43. The summed E-state index contributed by atoms with van der Waals surface area (Å²) in [5.74, 6) is 0.778. The summed E-state index contributed by atoms with van der Waals surface area (Å²) < 4.78 is 16.8. The highest BCUT2D eigenvalue weighted by Crippen LogP contribution is 2.39. The third-order valence-electron chi connectivity index (χ3n) is 3.33. The minimum absolute atomic E-state index is 0.0138. The Labute approximate surface area is 156 Å². The maximum atomic E-state index is 12.5.